The number of hydrogen-bond acceptors (Lipinski definition) is 4. The summed E-state index contributed by atoms with van der Waals surface area (Å²) in [4.78, 5) is 37.7. The van der Waals surface area contributed by atoms with Gasteiger partial charge in [-0.1, -0.05) is 12.1 Å². The number of piperidine rings is 1. The van der Waals surface area contributed by atoms with E-state index in [9.17, 15) is 27.6 Å². The number of esters is 1. The third kappa shape index (κ3) is 5.24. The van der Waals surface area contributed by atoms with Crippen LogP contribution in [-0.4, -0.2) is 42.4 Å². The quantitative estimate of drug-likeness (QED) is 0.771. The standard InChI is InChI=1S/C19H23F3N2O4/c1-11(2)28-16(26)10-23-18(27)14-8-9-15(25)24(3)17(14)12-4-6-13(7-5-12)19(20,21)22/h4-7,11,14,17H,8-10H2,1-3H3,(H,23,27). The fourth-order valence-corrected chi connectivity index (χ4v) is 3.23. The Labute approximate surface area is 161 Å². The van der Waals surface area contributed by atoms with Crippen molar-refractivity contribution in [2.24, 2.45) is 5.92 Å². The molecule has 1 aromatic rings. The predicted octanol–water partition coefficient (Wildman–Crippen LogP) is 2.68. The van der Waals surface area contributed by atoms with Gasteiger partial charge >= 0.3 is 12.1 Å². The van der Waals surface area contributed by atoms with Gasteiger partial charge in [0.25, 0.3) is 0 Å². The average molecular weight is 400 g/mol. The summed E-state index contributed by atoms with van der Waals surface area (Å²) in [6.07, 6.45) is -4.41. The minimum atomic E-state index is -4.47. The molecule has 2 unspecified atom stereocenters. The first kappa shape index (κ1) is 21.7. The lowest BCUT2D eigenvalue weighted by Gasteiger charge is -2.38. The number of alkyl halides is 3. The molecule has 1 aromatic carbocycles. The van der Waals surface area contributed by atoms with Gasteiger partial charge < -0.3 is 15.0 Å². The molecule has 1 N–H and O–H groups in total. The van der Waals surface area contributed by atoms with Crippen LogP contribution in [0, 0.1) is 5.92 Å². The topological polar surface area (TPSA) is 75.7 Å². The van der Waals surface area contributed by atoms with E-state index < -0.39 is 35.6 Å². The first-order valence-corrected chi connectivity index (χ1v) is 8.90. The number of nitrogens with one attached hydrogen (secondary N) is 1. The molecule has 2 atom stereocenters. The molecule has 28 heavy (non-hydrogen) atoms. The van der Waals surface area contributed by atoms with E-state index in [4.69, 9.17) is 4.74 Å². The van der Waals surface area contributed by atoms with Crippen LogP contribution in [0.25, 0.3) is 0 Å². The number of amides is 2. The Morgan fingerprint density at radius 2 is 1.86 bits per heavy atom. The smallest absolute Gasteiger partial charge is 0.416 e. The van der Waals surface area contributed by atoms with Gasteiger partial charge in [0.15, 0.2) is 0 Å². The van der Waals surface area contributed by atoms with E-state index in [1.54, 1.807) is 13.8 Å². The number of halogens is 3. The summed E-state index contributed by atoms with van der Waals surface area (Å²) in [6.45, 7) is 3.05. The van der Waals surface area contributed by atoms with Crippen LogP contribution < -0.4 is 5.32 Å². The molecule has 0 spiro atoms. The number of hydrogen-bond donors (Lipinski definition) is 1. The van der Waals surface area contributed by atoms with Gasteiger partial charge in [0.2, 0.25) is 11.8 Å². The summed E-state index contributed by atoms with van der Waals surface area (Å²) in [6, 6.07) is 3.69. The third-order valence-electron chi connectivity index (χ3n) is 4.55. The Balaban J connectivity index is 2.18. The van der Waals surface area contributed by atoms with E-state index in [1.807, 2.05) is 0 Å². The van der Waals surface area contributed by atoms with E-state index in [2.05, 4.69) is 5.32 Å². The van der Waals surface area contributed by atoms with E-state index in [-0.39, 0.29) is 31.4 Å². The summed E-state index contributed by atoms with van der Waals surface area (Å²) in [5.74, 6) is -1.93. The van der Waals surface area contributed by atoms with Crippen LogP contribution in [-0.2, 0) is 25.3 Å². The first-order chi connectivity index (χ1) is 13.0. The van der Waals surface area contributed by atoms with Crippen LogP contribution in [0.15, 0.2) is 24.3 Å². The third-order valence-corrected chi connectivity index (χ3v) is 4.55. The van der Waals surface area contributed by atoms with Crippen molar-refractivity contribution in [1.29, 1.82) is 0 Å². The molecule has 154 valence electrons. The minimum Gasteiger partial charge on any atom is -0.462 e. The normalized spacial score (nSPS) is 20.2. The number of ether oxygens (including phenoxy) is 1. The molecule has 0 aliphatic carbocycles. The van der Waals surface area contributed by atoms with Crippen LogP contribution >= 0.6 is 0 Å². The van der Waals surface area contributed by atoms with Crippen molar-refractivity contribution in [3.05, 3.63) is 35.4 Å². The lowest BCUT2D eigenvalue weighted by Crippen LogP contribution is -2.47. The molecule has 6 nitrogen and oxygen atoms in total. The molecule has 0 saturated carbocycles. The monoisotopic (exact) mass is 400 g/mol. The molecule has 9 heteroatoms. The summed E-state index contributed by atoms with van der Waals surface area (Å²) in [7, 11) is 1.51. The first-order valence-electron chi connectivity index (χ1n) is 8.90. The van der Waals surface area contributed by atoms with E-state index in [0.717, 1.165) is 12.1 Å². The summed E-state index contributed by atoms with van der Waals surface area (Å²) < 4.78 is 43.4. The molecular formula is C19H23F3N2O4. The highest BCUT2D eigenvalue weighted by atomic mass is 19.4. The van der Waals surface area contributed by atoms with Crippen molar-refractivity contribution < 1.29 is 32.3 Å². The van der Waals surface area contributed by atoms with Crippen LogP contribution in [0.3, 0.4) is 0 Å². The maximum Gasteiger partial charge on any atom is 0.416 e. The van der Waals surface area contributed by atoms with Gasteiger partial charge in [-0.05, 0) is 38.0 Å². The molecule has 1 aliphatic heterocycles. The van der Waals surface area contributed by atoms with Gasteiger partial charge in [-0.25, -0.2) is 0 Å². The highest BCUT2D eigenvalue weighted by molar-refractivity contribution is 5.87. The van der Waals surface area contributed by atoms with E-state index in [0.29, 0.717) is 5.56 Å². The second-order valence-electron chi connectivity index (χ2n) is 6.97. The van der Waals surface area contributed by atoms with Crippen molar-refractivity contribution in [3.63, 3.8) is 0 Å². The van der Waals surface area contributed by atoms with Crippen molar-refractivity contribution in [2.45, 2.75) is 45.0 Å². The number of carbonyl (C=O) groups excluding carboxylic acids is 3. The van der Waals surface area contributed by atoms with Crippen LogP contribution in [0.4, 0.5) is 13.2 Å². The van der Waals surface area contributed by atoms with Gasteiger partial charge in [-0.3, -0.25) is 14.4 Å². The number of carbonyl (C=O) groups is 3. The average Bonchev–Trinajstić information content (AvgIpc) is 2.60. The van der Waals surface area contributed by atoms with E-state index in [1.165, 1.54) is 24.1 Å². The Bertz CT molecular complexity index is 732. The molecule has 2 amide bonds. The lowest BCUT2D eigenvalue weighted by molar-refractivity contribution is -0.149. The number of likely N-dealkylation sites (tertiary alicyclic amines) is 1. The highest BCUT2D eigenvalue weighted by Crippen LogP contribution is 2.37. The maximum atomic E-state index is 12.8. The molecular weight excluding hydrogens is 377 g/mol. The number of benzene rings is 1. The number of nitrogens with zero attached hydrogens (tertiary/aromatic N) is 1. The molecule has 2 rings (SSSR count). The minimum absolute atomic E-state index is 0.141. The zero-order valence-corrected chi connectivity index (χ0v) is 15.9. The molecule has 0 aromatic heterocycles. The van der Waals surface area contributed by atoms with Crippen LogP contribution in [0.1, 0.15) is 43.9 Å². The van der Waals surface area contributed by atoms with Crippen molar-refractivity contribution in [2.75, 3.05) is 13.6 Å². The highest BCUT2D eigenvalue weighted by Gasteiger charge is 2.39. The largest absolute Gasteiger partial charge is 0.462 e. The SMILES string of the molecule is CC(C)OC(=O)CNC(=O)C1CCC(=O)N(C)C1c1ccc(C(F)(F)F)cc1. The van der Waals surface area contributed by atoms with Gasteiger partial charge in [-0.2, -0.15) is 13.2 Å². The Hall–Kier alpha value is -2.58. The van der Waals surface area contributed by atoms with Crippen molar-refractivity contribution in [3.8, 4) is 0 Å². The molecule has 1 aliphatic rings. The fourth-order valence-electron chi connectivity index (χ4n) is 3.23. The van der Waals surface area contributed by atoms with Gasteiger partial charge in [0, 0.05) is 13.5 Å². The van der Waals surface area contributed by atoms with Gasteiger partial charge in [0.05, 0.1) is 23.6 Å². The lowest BCUT2D eigenvalue weighted by atomic mass is 9.83. The summed E-state index contributed by atoms with van der Waals surface area (Å²) in [5.41, 5.74) is -0.382. The molecule has 1 fully saturated rings. The second-order valence-corrected chi connectivity index (χ2v) is 6.97. The van der Waals surface area contributed by atoms with E-state index >= 15 is 0 Å². The molecule has 0 bridgehead atoms. The van der Waals surface area contributed by atoms with Crippen LogP contribution in [0.2, 0.25) is 0 Å². The molecule has 0 radical (unpaired) electrons. The Morgan fingerprint density at radius 3 is 2.39 bits per heavy atom. The zero-order valence-electron chi connectivity index (χ0n) is 15.9. The second kappa shape index (κ2) is 8.62. The summed E-state index contributed by atoms with van der Waals surface area (Å²) in [5, 5.41) is 2.50. The van der Waals surface area contributed by atoms with Crippen molar-refractivity contribution in [1.82, 2.24) is 10.2 Å². The summed E-state index contributed by atoms with van der Waals surface area (Å²) >= 11 is 0. The number of rotatable bonds is 5. The molecule has 1 heterocycles. The zero-order chi connectivity index (χ0) is 21.1. The fraction of sp³-hybridized carbons (Fsp3) is 0.526. The van der Waals surface area contributed by atoms with Gasteiger partial charge in [0.1, 0.15) is 6.54 Å². The maximum absolute atomic E-state index is 12.8. The Morgan fingerprint density at radius 1 is 1.25 bits per heavy atom. The predicted molar refractivity (Wildman–Crippen MR) is 93.9 cm³/mol. The Kier molecular flexibility index (Phi) is 6.69. The molecule has 1 saturated heterocycles. The van der Waals surface area contributed by atoms with Crippen molar-refractivity contribution >= 4 is 17.8 Å². The van der Waals surface area contributed by atoms with Gasteiger partial charge in [-0.15, -0.1) is 0 Å². The van der Waals surface area contributed by atoms with Crippen LogP contribution in [0.5, 0.6) is 0 Å².